The standard InChI is InChI=1S/C22H24N4O4/c1-3-15-9-11-17(12-10-15)30-14-18(27)25(2)19-20(23)26(22(29)24-21(19)28)13-16-7-5-4-6-8-16/h4-12H,3,13-14,23H2,1-2H3,(H,24,28,29). The molecule has 0 saturated heterocycles. The lowest BCUT2D eigenvalue weighted by Crippen LogP contribution is -2.41. The normalized spacial score (nSPS) is 10.6. The number of carbonyl (C=O) groups is 1. The lowest BCUT2D eigenvalue weighted by atomic mass is 10.2. The Morgan fingerprint density at radius 1 is 1.07 bits per heavy atom. The number of benzene rings is 2. The molecule has 1 amide bonds. The highest BCUT2D eigenvalue weighted by Gasteiger charge is 2.21. The van der Waals surface area contributed by atoms with E-state index in [0.717, 1.165) is 22.4 Å². The van der Waals surface area contributed by atoms with Gasteiger partial charge in [-0.15, -0.1) is 0 Å². The molecular weight excluding hydrogens is 384 g/mol. The monoisotopic (exact) mass is 408 g/mol. The second-order valence-corrected chi connectivity index (χ2v) is 6.80. The molecule has 0 saturated carbocycles. The summed E-state index contributed by atoms with van der Waals surface area (Å²) in [6.45, 7) is 1.93. The number of nitrogen functional groups attached to an aromatic ring is 1. The molecule has 156 valence electrons. The minimum absolute atomic E-state index is 0.0873. The number of nitrogens with zero attached hydrogens (tertiary/aromatic N) is 2. The number of amides is 1. The molecule has 0 spiro atoms. The van der Waals surface area contributed by atoms with E-state index in [1.165, 1.54) is 11.6 Å². The molecule has 1 heterocycles. The van der Waals surface area contributed by atoms with E-state index in [-0.39, 0.29) is 24.7 Å². The Bertz CT molecular complexity index is 1130. The van der Waals surface area contributed by atoms with Gasteiger partial charge in [-0.2, -0.15) is 0 Å². The van der Waals surface area contributed by atoms with Crippen molar-refractivity contribution in [2.45, 2.75) is 19.9 Å². The van der Waals surface area contributed by atoms with Crippen molar-refractivity contribution in [2.75, 3.05) is 24.3 Å². The number of likely N-dealkylation sites (N-methyl/N-ethyl adjacent to an activating group) is 1. The maximum absolute atomic E-state index is 12.6. The Hall–Kier alpha value is -3.81. The summed E-state index contributed by atoms with van der Waals surface area (Å²) in [5, 5.41) is 0. The van der Waals surface area contributed by atoms with E-state index < -0.39 is 17.2 Å². The van der Waals surface area contributed by atoms with Gasteiger partial charge in [-0.3, -0.25) is 19.1 Å². The second kappa shape index (κ2) is 9.13. The highest BCUT2D eigenvalue weighted by Crippen LogP contribution is 2.17. The van der Waals surface area contributed by atoms with Crippen LogP contribution in [-0.2, 0) is 17.8 Å². The molecule has 2 aromatic carbocycles. The van der Waals surface area contributed by atoms with Crippen molar-refractivity contribution in [1.82, 2.24) is 9.55 Å². The summed E-state index contributed by atoms with van der Waals surface area (Å²) >= 11 is 0. The zero-order valence-electron chi connectivity index (χ0n) is 16.9. The Kier molecular flexibility index (Phi) is 6.36. The number of rotatable bonds is 7. The highest BCUT2D eigenvalue weighted by atomic mass is 16.5. The third-order valence-electron chi connectivity index (χ3n) is 4.80. The Labute approximate surface area is 173 Å². The van der Waals surface area contributed by atoms with Gasteiger partial charge in [0.1, 0.15) is 11.6 Å². The summed E-state index contributed by atoms with van der Waals surface area (Å²) in [6.07, 6.45) is 0.905. The fraction of sp³-hybridized carbons (Fsp3) is 0.227. The van der Waals surface area contributed by atoms with E-state index in [4.69, 9.17) is 10.5 Å². The number of aromatic nitrogens is 2. The van der Waals surface area contributed by atoms with Crippen molar-refractivity contribution in [3.05, 3.63) is 86.6 Å². The number of ether oxygens (including phenoxy) is 1. The molecule has 0 unspecified atom stereocenters. The maximum Gasteiger partial charge on any atom is 0.330 e. The van der Waals surface area contributed by atoms with Crippen LogP contribution in [0.15, 0.2) is 64.2 Å². The fourth-order valence-electron chi connectivity index (χ4n) is 3.01. The van der Waals surface area contributed by atoms with Crippen LogP contribution in [0.1, 0.15) is 18.1 Å². The average Bonchev–Trinajstić information content (AvgIpc) is 2.75. The van der Waals surface area contributed by atoms with Gasteiger partial charge in [-0.05, 0) is 29.7 Å². The van der Waals surface area contributed by atoms with Crippen LogP contribution in [0.4, 0.5) is 11.5 Å². The Morgan fingerprint density at radius 2 is 1.73 bits per heavy atom. The third kappa shape index (κ3) is 4.60. The van der Waals surface area contributed by atoms with Crippen LogP contribution < -0.4 is 26.6 Å². The van der Waals surface area contributed by atoms with Gasteiger partial charge in [-0.1, -0.05) is 49.4 Å². The van der Waals surface area contributed by atoms with E-state index >= 15 is 0 Å². The lowest BCUT2D eigenvalue weighted by molar-refractivity contribution is -0.120. The topological polar surface area (TPSA) is 110 Å². The number of hydrogen-bond donors (Lipinski definition) is 2. The molecule has 0 bridgehead atoms. The van der Waals surface area contributed by atoms with Crippen molar-refractivity contribution >= 4 is 17.4 Å². The van der Waals surface area contributed by atoms with Crippen LogP contribution in [0.3, 0.4) is 0 Å². The van der Waals surface area contributed by atoms with Gasteiger partial charge in [0.15, 0.2) is 12.3 Å². The molecule has 3 aromatic rings. The average molecular weight is 408 g/mol. The quantitative estimate of drug-likeness (QED) is 0.619. The van der Waals surface area contributed by atoms with E-state index in [1.807, 2.05) is 49.4 Å². The summed E-state index contributed by atoms with van der Waals surface area (Å²) in [7, 11) is 1.42. The molecule has 8 heteroatoms. The maximum atomic E-state index is 12.6. The number of hydrogen-bond acceptors (Lipinski definition) is 5. The smallest absolute Gasteiger partial charge is 0.330 e. The van der Waals surface area contributed by atoms with Gasteiger partial charge in [0.25, 0.3) is 11.5 Å². The summed E-state index contributed by atoms with van der Waals surface area (Å²) in [4.78, 5) is 40.6. The summed E-state index contributed by atoms with van der Waals surface area (Å²) < 4.78 is 6.75. The zero-order chi connectivity index (χ0) is 21.7. The summed E-state index contributed by atoms with van der Waals surface area (Å²) in [6, 6.07) is 16.6. The largest absolute Gasteiger partial charge is 0.484 e. The van der Waals surface area contributed by atoms with Crippen LogP contribution >= 0.6 is 0 Å². The predicted molar refractivity (Wildman–Crippen MR) is 116 cm³/mol. The minimum atomic E-state index is -0.732. The molecule has 8 nitrogen and oxygen atoms in total. The van der Waals surface area contributed by atoms with Crippen LogP contribution in [0.2, 0.25) is 0 Å². The van der Waals surface area contributed by atoms with E-state index in [2.05, 4.69) is 4.98 Å². The third-order valence-corrected chi connectivity index (χ3v) is 4.80. The fourth-order valence-corrected chi connectivity index (χ4v) is 3.01. The zero-order valence-corrected chi connectivity index (χ0v) is 16.9. The first-order valence-corrected chi connectivity index (χ1v) is 9.55. The number of anilines is 2. The molecule has 0 atom stereocenters. The SMILES string of the molecule is CCc1ccc(OCC(=O)N(C)c2c(N)n(Cc3ccccc3)c(=O)[nH]c2=O)cc1. The van der Waals surface area contributed by atoms with Gasteiger partial charge in [0, 0.05) is 7.05 Å². The lowest BCUT2D eigenvalue weighted by Gasteiger charge is -2.20. The molecule has 3 N–H and O–H groups in total. The number of nitrogens with two attached hydrogens (primary N) is 1. The Morgan fingerprint density at radius 3 is 2.37 bits per heavy atom. The van der Waals surface area contributed by atoms with Crippen molar-refractivity contribution < 1.29 is 9.53 Å². The molecule has 0 radical (unpaired) electrons. The number of aromatic amines is 1. The molecule has 0 aliphatic carbocycles. The van der Waals surface area contributed by atoms with E-state index in [1.54, 1.807) is 12.1 Å². The van der Waals surface area contributed by atoms with Gasteiger partial charge < -0.3 is 15.4 Å². The number of aryl methyl sites for hydroxylation is 1. The second-order valence-electron chi connectivity index (χ2n) is 6.80. The van der Waals surface area contributed by atoms with Crippen molar-refractivity contribution in [2.24, 2.45) is 0 Å². The molecule has 1 aromatic heterocycles. The molecule has 30 heavy (non-hydrogen) atoms. The van der Waals surface area contributed by atoms with Gasteiger partial charge in [0.2, 0.25) is 0 Å². The first kappa shape index (κ1) is 20.9. The molecule has 0 fully saturated rings. The Balaban J connectivity index is 1.81. The predicted octanol–water partition coefficient (Wildman–Crippen LogP) is 1.77. The van der Waals surface area contributed by atoms with Crippen LogP contribution in [0, 0.1) is 0 Å². The molecule has 0 aliphatic rings. The number of nitrogens with one attached hydrogen (secondary N) is 1. The van der Waals surface area contributed by atoms with Gasteiger partial charge in [0.05, 0.1) is 6.54 Å². The first-order chi connectivity index (χ1) is 14.4. The summed E-state index contributed by atoms with van der Waals surface area (Å²) in [5.74, 6) is -0.0164. The minimum Gasteiger partial charge on any atom is -0.484 e. The molecule has 3 rings (SSSR count). The van der Waals surface area contributed by atoms with Crippen molar-refractivity contribution in [3.63, 3.8) is 0 Å². The van der Waals surface area contributed by atoms with E-state index in [0.29, 0.717) is 5.75 Å². The highest BCUT2D eigenvalue weighted by molar-refractivity contribution is 5.96. The van der Waals surface area contributed by atoms with Gasteiger partial charge in [-0.25, -0.2) is 4.79 Å². The van der Waals surface area contributed by atoms with Crippen LogP contribution in [0.25, 0.3) is 0 Å². The molecule has 0 aliphatic heterocycles. The van der Waals surface area contributed by atoms with Crippen LogP contribution in [0.5, 0.6) is 5.75 Å². The summed E-state index contributed by atoms with van der Waals surface area (Å²) in [5.41, 5.74) is 6.64. The first-order valence-electron chi connectivity index (χ1n) is 9.55. The van der Waals surface area contributed by atoms with E-state index in [9.17, 15) is 14.4 Å². The van der Waals surface area contributed by atoms with Crippen molar-refractivity contribution in [1.29, 1.82) is 0 Å². The van der Waals surface area contributed by atoms with Crippen LogP contribution in [-0.4, -0.2) is 29.1 Å². The molecular formula is C22H24N4O4. The number of H-pyrrole nitrogens is 1. The van der Waals surface area contributed by atoms with Gasteiger partial charge >= 0.3 is 5.69 Å². The van der Waals surface area contributed by atoms with Crippen molar-refractivity contribution in [3.8, 4) is 5.75 Å². The number of carbonyl (C=O) groups excluding carboxylic acids is 1.